The number of rotatable bonds is 3. The van der Waals surface area contributed by atoms with Crippen LogP contribution in [0.3, 0.4) is 0 Å². The van der Waals surface area contributed by atoms with Crippen molar-refractivity contribution in [3.63, 3.8) is 0 Å². The van der Waals surface area contributed by atoms with Crippen LogP contribution < -0.4 is 9.47 Å². The van der Waals surface area contributed by atoms with E-state index in [9.17, 15) is 13.2 Å². The summed E-state index contributed by atoms with van der Waals surface area (Å²) < 4.78 is 48.2. The minimum Gasteiger partial charge on any atom is -0.497 e. The first-order valence-electron chi connectivity index (χ1n) is 6.74. The average Bonchev–Trinajstić information content (AvgIpc) is 2.54. The number of halogens is 3. The van der Waals surface area contributed by atoms with Gasteiger partial charge in [0.25, 0.3) is 0 Å². The molecule has 3 nitrogen and oxygen atoms in total. The first-order valence-corrected chi connectivity index (χ1v) is 6.74. The number of benzene rings is 2. The van der Waals surface area contributed by atoms with E-state index in [2.05, 4.69) is 4.98 Å². The van der Waals surface area contributed by atoms with Crippen LogP contribution in [0.25, 0.3) is 10.8 Å². The van der Waals surface area contributed by atoms with E-state index in [0.29, 0.717) is 11.5 Å². The summed E-state index contributed by atoms with van der Waals surface area (Å²) in [5.41, 5.74) is -0.812. The lowest BCUT2D eigenvalue weighted by atomic mass is 10.1. The zero-order valence-electron chi connectivity index (χ0n) is 12.1. The van der Waals surface area contributed by atoms with Crippen molar-refractivity contribution in [2.75, 3.05) is 7.11 Å². The fourth-order valence-corrected chi connectivity index (χ4v) is 2.12. The van der Waals surface area contributed by atoms with Crippen molar-refractivity contribution in [3.8, 4) is 17.4 Å². The molecule has 0 saturated carbocycles. The molecule has 0 atom stereocenters. The van der Waals surface area contributed by atoms with Crippen LogP contribution in [0.4, 0.5) is 13.2 Å². The van der Waals surface area contributed by atoms with Gasteiger partial charge in [0.2, 0.25) is 5.88 Å². The van der Waals surface area contributed by atoms with Crippen LogP contribution in [0.5, 0.6) is 17.4 Å². The van der Waals surface area contributed by atoms with Crippen LogP contribution in [0.1, 0.15) is 5.56 Å². The van der Waals surface area contributed by atoms with E-state index in [1.54, 1.807) is 19.2 Å². The number of hydrogen-bond acceptors (Lipinski definition) is 3. The predicted molar refractivity (Wildman–Crippen MR) is 79.8 cm³/mol. The number of pyridine rings is 1. The third-order valence-electron chi connectivity index (χ3n) is 3.30. The highest BCUT2D eigenvalue weighted by molar-refractivity contribution is 5.85. The zero-order chi connectivity index (χ0) is 16.4. The summed E-state index contributed by atoms with van der Waals surface area (Å²) in [4.78, 5) is 3.69. The summed E-state index contributed by atoms with van der Waals surface area (Å²) in [7, 11) is 1.58. The highest BCUT2D eigenvalue weighted by Gasteiger charge is 2.30. The van der Waals surface area contributed by atoms with Crippen LogP contribution in [0.15, 0.2) is 54.7 Å². The van der Waals surface area contributed by atoms with Gasteiger partial charge in [-0.3, -0.25) is 0 Å². The molecule has 0 aliphatic carbocycles. The SMILES string of the molecule is COc1ccc2ccc(Oc3ccc(C(F)(F)F)cn3)cc2c1. The quantitative estimate of drug-likeness (QED) is 0.676. The molecule has 6 heteroatoms. The lowest BCUT2D eigenvalue weighted by Crippen LogP contribution is -2.05. The molecule has 118 valence electrons. The summed E-state index contributed by atoms with van der Waals surface area (Å²) in [6.07, 6.45) is -3.66. The second-order valence-electron chi connectivity index (χ2n) is 4.86. The van der Waals surface area contributed by atoms with Gasteiger partial charge in [-0.05, 0) is 41.1 Å². The van der Waals surface area contributed by atoms with Crippen LogP contribution in [0.2, 0.25) is 0 Å². The molecule has 1 aromatic heterocycles. The largest absolute Gasteiger partial charge is 0.497 e. The molecular weight excluding hydrogens is 307 g/mol. The Morgan fingerprint density at radius 2 is 1.57 bits per heavy atom. The lowest BCUT2D eigenvalue weighted by molar-refractivity contribution is -0.137. The topological polar surface area (TPSA) is 31.4 Å². The van der Waals surface area contributed by atoms with E-state index in [1.165, 1.54) is 6.07 Å². The Labute approximate surface area is 130 Å². The van der Waals surface area contributed by atoms with E-state index in [0.717, 1.165) is 23.0 Å². The maximum Gasteiger partial charge on any atom is 0.417 e. The van der Waals surface area contributed by atoms with Crippen molar-refractivity contribution < 1.29 is 22.6 Å². The zero-order valence-corrected chi connectivity index (χ0v) is 12.1. The summed E-state index contributed by atoms with van der Waals surface area (Å²) in [6.45, 7) is 0. The van der Waals surface area contributed by atoms with E-state index in [1.807, 2.05) is 24.3 Å². The van der Waals surface area contributed by atoms with Gasteiger partial charge in [-0.15, -0.1) is 0 Å². The van der Waals surface area contributed by atoms with Crippen molar-refractivity contribution in [2.24, 2.45) is 0 Å². The molecule has 0 bridgehead atoms. The number of ether oxygens (including phenoxy) is 2. The molecule has 3 aromatic rings. The molecule has 0 fully saturated rings. The molecule has 0 radical (unpaired) electrons. The monoisotopic (exact) mass is 319 g/mol. The normalized spacial score (nSPS) is 11.5. The molecule has 0 saturated heterocycles. The van der Waals surface area contributed by atoms with E-state index >= 15 is 0 Å². The predicted octanol–water partition coefficient (Wildman–Crippen LogP) is 5.05. The molecule has 0 unspecified atom stereocenters. The summed E-state index contributed by atoms with van der Waals surface area (Å²) >= 11 is 0. The van der Waals surface area contributed by atoms with Crippen LogP contribution in [0, 0.1) is 0 Å². The Hall–Kier alpha value is -2.76. The minimum absolute atomic E-state index is 0.0975. The molecule has 23 heavy (non-hydrogen) atoms. The van der Waals surface area contributed by atoms with E-state index in [4.69, 9.17) is 9.47 Å². The Balaban J connectivity index is 1.86. The Kier molecular flexibility index (Phi) is 3.82. The van der Waals surface area contributed by atoms with Crippen molar-refractivity contribution >= 4 is 10.8 Å². The summed E-state index contributed by atoms with van der Waals surface area (Å²) in [5.74, 6) is 1.29. The molecule has 3 rings (SSSR count). The molecule has 0 aliphatic heterocycles. The van der Waals surface area contributed by atoms with Crippen molar-refractivity contribution in [2.45, 2.75) is 6.18 Å². The molecule has 0 amide bonds. The van der Waals surface area contributed by atoms with Gasteiger partial charge in [0.05, 0.1) is 12.7 Å². The van der Waals surface area contributed by atoms with Crippen molar-refractivity contribution in [3.05, 3.63) is 60.3 Å². The fraction of sp³-hybridized carbons (Fsp3) is 0.118. The molecular formula is C17H12F3NO2. The first-order chi connectivity index (χ1) is 11.0. The molecule has 2 aromatic carbocycles. The van der Waals surface area contributed by atoms with Gasteiger partial charge < -0.3 is 9.47 Å². The standard InChI is InChI=1S/C17H12F3NO2/c1-22-14-5-2-11-3-6-15(9-12(11)8-14)23-16-7-4-13(10-21-16)17(18,19)20/h2-10H,1H3. The van der Waals surface area contributed by atoms with Gasteiger partial charge >= 0.3 is 6.18 Å². The number of nitrogens with zero attached hydrogens (tertiary/aromatic N) is 1. The van der Waals surface area contributed by atoms with Crippen molar-refractivity contribution in [1.29, 1.82) is 0 Å². The maximum absolute atomic E-state index is 12.5. The van der Waals surface area contributed by atoms with Gasteiger partial charge in [0.1, 0.15) is 11.5 Å². The number of methoxy groups -OCH3 is 1. The third kappa shape index (κ3) is 3.36. The highest BCUT2D eigenvalue weighted by atomic mass is 19.4. The minimum atomic E-state index is -4.41. The van der Waals surface area contributed by atoms with E-state index in [-0.39, 0.29) is 5.88 Å². The highest BCUT2D eigenvalue weighted by Crippen LogP contribution is 2.31. The smallest absolute Gasteiger partial charge is 0.417 e. The molecule has 0 N–H and O–H groups in total. The van der Waals surface area contributed by atoms with Crippen LogP contribution in [-0.4, -0.2) is 12.1 Å². The maximum atomic E-state index is 12.5. The summed E-state index contributed by atoms with van der Waals surface area (Å²) in [6, 6.07) is 13.1. The average molecular weight is 319 g/mol. The van der Waals surface area contributed by atoms with Gasteiger partial charge in [0.15, 0.2) is 0 Å². The van der Waals surface area contributed by atoms with Gasteiger partial charge in [-0.25, -0.2) is 4.98 Å². The van der Waals surface area contributed by atoms with Gasteiger partial charge in [-0.2, -0.15) is 13.2 Å². The Morgan fingerprint density at radius 3 is 2.17 bits per heavy atom. The number of fused-ring (bicyclic) bond motifs is 1. The molecule has 1 heterocycles. The lowest BCUT2D eigenvalue weighted by Gasteiger charge is -2.09. The first kappa shape index (κ1) is 15.1. The summed E-state index contributed by atoms with van der Waals surface area (Å²) in [5, 5.41) is 1.90. The molecule has 0 spiro atoms. The number of hydrogen-bond donors (Lipinski definition) is 0. The Bertz CT molecular complexity index is 829. The second kappa shape index (κ2) is 5.79. The van der Waals surface area contributed by atoms with Crippen LogP contribution in [-0.2, 0) is 6.18 Å². The Morgan fingerprint density at radius 1 is 0.870 bits per heavy atom. The van der Waals surface area contributed by atoms with Crippen LogP contribution >= 0.6 is 0 Å². The fourth-order valence-electron chi connectivity index (χ4n) is 2.12. The number of aromatic nitrogens is 1. The third-order valence-corrected chi connectivity index (χ3v) is 3.30. The molecule has 0 aliphatic rings. The van der Waals surface area contributed by atoms with Crippen molar-refractivity contribution in [1.82, 2.24) is 4.98 Å². The number of alkyl halides is 3. The second-order valence-corrected chi connectivity index (χ2v) is 4.86. The van der Waals surface area contributed by atoms with Gasteiger partial charge in [-0.1, -0.05) is 12.1 Å². The van der Waals surface area contributed by atoms with E-state index < -0.39 is 11.7 Å². The van der Waals surface area contributed by atoms with Gasteiger partial charge in [0, 0.05) is 12.3 Å².